The Kier molecular flexibility index (Phi) is 4.84. The van der Waals surface area contributed by atoms with Crippen molar-refractivity contribution in [1.29, 1.82) is 0 Å². The van der Waals surface area contributed by atoms with Gasteiger partial charge in [-0.1, -0.05) is 38.5 Å². The fourth-order valence-corrected chi connectivity index (χ4v) is 2.04. The van der Waals surface area contributed by atoms with Crippen LogP contribution < -0.4 is 5.32 Å². The predicted octanol–water partition coefficient (Wildman–Crippen LogP) is 4.20. The molecule has 4 nitrogen and oxygen atoms in total. The molecule has 0 radical (unpaired) electrons. The highest BCUT2D eigenvalue weighted by atomic mass is 16.1. The molecule has 4 heteroatoms. The van der Waals surface area contributed by atoms with Crippen LogP contribution >= 0.6 is 0 Å². The van der Waals surface area contributed by atoms with E-state index in [1.165, 1.54) is 6.08 Å². The first-order valence-electron chi connectivity index (χ1n) is 7.54. The van der Waals surface area contributed by atoms with Gasteiger partial charge in [-0.3, -0.25) is 9.59 Å². The molecule has 0 unspecified atom stereocenters. The largest absolute Gasteiger partial charge is 0.358 e. The third kappa shape index (κ3) is 4.68. The van der Waals surface area contributed by atoms with Gasteiger partial charge in [0.25, 0.3) is 0 Å². The molecule has 0 spiro atoms. The van der Waals surface area contributed by atoms with Crippen molar-refractivity contribution in [3.05, 3.63) is 59.4 Å². The van der Waals surface area contributed by atoms with Gasteiger partial charge < -0.3 is 10.3 Å². The van der Waals surface area contributed by atoms with E-state index in [2.05, 4.69) is 10.3 Å². The topological polar surface area (TPSA) is 62.0 Å². The fourth-order valence-electron chi connectivity index (χ4n) is 2.04. The minimum absolute atomic E-state index is 0.0428. The van der Waals surface area contributed by atoms with E-state index in [1.807, 2.05) is 52.0 Å². The van der Waals surface area contributed by atoms with Crippen molar-refractivity contribution in [1.82, 2.24) is 4.98 Å². The molecule has 1 aromatic carbocycles. The van der Waals surface area contributed by atoms with Crippen LogP contribution in [0.15, 0.2) is 42.6 Å². The van der Waals surface area contributed by atoms with E-state index >= 15 is 0 Å². The second-order valence-corrected chi connectivity index (χ2v) is 6.61. The van der Waals surface area contributed by atoms with Gasteiger partial charge in [-0.25, -0.2) is 0 Å². The number of anilines is 1. The lowest BCUT2D eigenvalue weighted by atomic mass is 9.89. The van der Waals surface area contributed by atoms with Crippen LogP contribution in [0.1, 0.15) is 42.4 Å². The van der Waals surface area contributed by atoms with Crippen LogP contribution in [-0.4, -0.2) is 16.7 Å². The van der Waals surface area contributed by atoms with Crippen LogP contribution in [0, 0.1) is 12.3 Å². The molecule has 2 N–H and O–H groups in total. The summed E-state index contributed by atoms with van der Waals surface area (Å²) >= 11 is 0. The molecule has 0 bridgehead atoms. The molecule has 1 amide bonds. The molecule has 2 rings (SSSR count). The summed E-state index contributed by atoms with van der Waals surface area (Å²) < 4.78 is 0. The number of H-pyrrole nitrogens is 1. The zero-order valence-electron chi connectivity index (χ0n) is 13.9. The summed E-state index contributed by atoms with van der Waals surface area (Å²) in [5.74, 6) is -0.167. The maximum atomic E-state index is 12.2. The van der Waals surface area contributed by atoms with Crippen molar-refractivity contribution in [2.45, 2.75) is 27.7 Å². The number of Topliss-reactive ketones (excluding diaryl/α,β-unsaturated/α-hetero) is 1. The number of amides is 1. The van der Waals surface area contributed by atoms with Crippen LogP contribution in [0.3, 0.4) is 0 Å². The molecule has 0 atom stereocenters. The van der Waals surface area contributed by atoms with Gasteiger partial charge in [0.1, 0.15) is 0 Å². The Hall–Kier alpha value is -2.62. The van der Waals surface area contributed by atoms with E-state index in [4.69, 9.17) is 0 Å². The van der Waals surface area contributed by atoms with Crippen LogP contribution in [0.4, 0.5) is 5.69 Å². The summed E-state index contributed by atoms with van der Waals surface area (Å²) in [4.78, 5) is 27.0. The molecule has 0 aliphatic carbocycles. The Morgan fingerprint density at radius 3 is 2.39 bits per heavy atom. The monoisotopic (exact) mass is 310 g/mol. The van der Waals surface area contributed by atoms with Crippen molar-refractivity contribution in [3.63, 3.8) is 0 Å². The molecule has 120 valence electrons. The molecule has 1 heterocycles. The van der Waals surface area contributed by atoms with E-state index < -0.39 is 5.41 Å². The van der Waals surface area contributed by atoms with Gasteiger partial charge in [-0.05, 0) is 36.8 Å². The molecular weight excluding hydrogens is 288 g/mol. The van der Waals surface area contributed by atoms with Gasteiger partial charge in [0.15, 0.2) is 5.78 Å². The minimum atomic E-state index is -0.436. The van der Waals surface area contributed by atoms with Crippen molar-refractivity contribution >= 4 is 23.5 Å². The number of aromatic amines is 1. The Labute approximate surface area is 136 Å². The highest BCUT2D eigenvalue weighted by Gasteiger charge is 2.23. The lowest BCUT2D eigenvalue weighted by Crippen LogP contribution is -2.20. The van der Waals surface area contributed by atoms with Gasteiger partial charge in [-0.2, -0.15) is 0 Å². The number of hydrogen-bond donors (Lipinski definition) is 2. The van der Waals surface area contributed by atoms with E-state index in [0.717, 1.165) is 16.8 Å². The highest BCUT2D eigenvalue weighted by molar-refractivity contribution is 6.02. The minimum Gasteiger partial charge on any atom is -0.358 e. The fraction of sp³-hybridized carbons (Fsp3) is 0.263. The standard InChI is InChI=1S/C19H22N2O2/c1-13-5-8-15(9-6-13)21-17(22)10-7-14-11-16(20-12-14)18(23)19(2,3)4/h5-12,20H,1-4H3,(H,21,22)/b10-7+. The summed E-state index contributed by atoms with van der Waals surface area (Å²) in [6.45, 7) is 7.62. The van der Waals surface area contributed by atoms with Crippen molar-refractivity contribution < 1.29 is 9.59 Å². The molecule has 23 heavy (non-hydrogen) atoms. The maximum absolute atomic E-state index is 12.2. The van der Waals surface area contributed by atoms with Crippen molar-refractivity contribution in [2.75, 3.05) is 5.32 Å². The maximum Gasteiger partial charge on any atom is 0.248 e. The SMILES string of the molecule is Cc1ccc(NC(=O)/C=C/c2c[nH]c(C(=O)C(C)(C)C)c2)cc1. The summed E-state index contributed by atoms with van der Waals surface area (Å²) in [7, 11) is 0. The Morgan fingerprint density at radius 2 is 1.78 bits per heavy atom. The molecular formula is C19H22N2O2. The number of ketones is 1. The number of rotatable bonds is 4. The normalized spacial score (nSPS) is 11.7. The second-order valence-electron chi connectivity index (χ2n) is 6.61. The van der Waals surface area contributed by atoms with Crippen LogP contribution in [-0.2, 0) is 4.79 Å². The van der Waals surface area contributed by atoms with Crippen LogP contribution in [0.5, 0.6) is 0 Å². The van der Waals surface area contributed by atoms with Gasteiger partial charge in [0.2, 0.25) is 5.91 Å². The third-order valence-electron chi connectivity index (χ3n) is 3.38. The van der Waals surface area contributed by atoms with E-state index in [1.54, 1.807) is 18.3 Å². The predicted molar refractivity (Wildman–Crippen MR) is 93.4 cm³/mol. The molecule has 2 aromatic rings. The van der Waals surface area contributed by atoms with Gasteiger partial charge >= 0.3 is 0 Å². The summed E-state index contributed by atoms with van der Waals surface area (Å²) in [6, 6.07) is 9.35. The van der Waals surface area contributed by atoms with Crippen molar-refractivity contribution in [3.8, 4) is 0 Å². The molecule has 0 saturated heterocycles. The van der Waals surface area contributed by atoms with Gasteiger partial charge in [-0.15, -0.1) is 0 Å². The number of aromatic nitrogens is 1. The Morgan fingerprint density at radius 1 is 1.13 bits per heavy atom. The summed E-state index contributed by atoms with van der Waals surface area (Å²) in [5.41, 5.74) is 2.80. The van der Waals surface area contributed by atoms with Crippen LogP contribution in [0.2, 0.25) is 0 Å². The average Bonchev–Trinajstić information content (AvgIpc) is 2.94. The zero-order chi connectivity index (χ0) is 17.0. The first kappa shape index (κ1) is 16.7. The highest BCUT2D eigenvalue weighted by Crippen LogP contribution is 2.20. The number of nitrogens with one attached hydrogen (secondary N) is 2. The van der Waals surface area contributed by atoms with E-state index in [0.29, 0.717) is 5.69 Å². The molecule has 0 aliphatic heterocycles. The summed E-state index contributed by atoms with van der Waals surface area (Å²) in [6.07, 6.45) is 4.85. The number of benzene rings is 1. The van der Waals surface area contributed by atoms with Gasteiger partial charge in [0.05, 0.1) is 5.69 Å². The molecule has 0 saturated carbocycles. The van der Waals surface area contributed by atoms with E-state index in [9.17, 15) is 9.59 Å². The van der Waals surface area contributed by atoms with Crippen molar-refractivity contribution in [2.24, 2.45) is 5.41 Å². The van der Waals surface area contributed by atoms with Gasteiger partial charge in [0, 0.05) is 23.4 Å². The summed E-state index contributed by atoms with van der Waals surface area (Å²) in [5, 5.41) is 2.79. The second kappa shape index (κ2) is 6.65. The number of hydrogen-bond acceptors (Lipinski definition) is 2. The molecule has 0 fully saturated rings. The Balaban J connectivity index is 2.00. The lowest BCUT2D eigenvalue weighted by Gasteiger charge is -2.14. The quantitative estimate of drug-likeness (QED) is 0.656. The molecule has 1 aromatic heterocycles. The number of carbonyl (C=O) groups is 2. The zero-order valence-corrected chi connectivity index (χ0v) is 13.9. The van der Waals surface area contributed by atoms with Crippen LogP contribution in [0.25, 0.3) is 6.08 Å². The average molecular weight is 310 g/mol. The Bertz CT molecular complexity index is 731. The lowest BCUT2D eigenvalue weighted by molar-refractivity contribution is -0.111. The number of aryl methyl sites for hydroxylation is 1. The third-order valence-corrected chi connectivity index (χ3v) is 3.38. The smallest absolute Gasteiger partial charge is 0.248 e. The number of carbonyl (C=O) groups excluding carboxylic acids is 2. The first-order chi connectivity index (χ1) is 10.8. The molecule has 0 aliphatic rings. The van der Waals surface area contributed by atoms with E-state index in [-0.39, 0.29) is 11.7 Å². The first-order valence-corrected chi connectivity index (χ1v) is 7.54.